The van der Waals surface area contributed by atoms with Crippen LogP contribution < -0.4 is 16.0 Å². The lowest BCUT2D eigenvalue weighted by Crippen LogP contribution is -2.62. The smallest absolute Gasteiger partial charge is 0.375 e. The van der Waals surface area contributed by atoms with Gasteiger partial charge in [-0.1, -0.05) is 17.7 Å². The maximum atomic E-state index is 13.9. The SMILES string of the molecule is CN/C(N/C=C(\C=N)c1ccc(Cl)c(C(=O)NC2(C#N)CC2)c1)=C(\C(=N)OS(=O)C(F)(F)C(F)(F)C(F)(F)C(F)(F)F)C(F)(F)F. The van der Waals surface area contributed by atoms with Gasteiger partial charge in [-0.2, -0.15) is 57.9 Å². The number of amides is 1. The number of carbonyl (C=O) groups excluding carboxylic acids is 1. The molecule has 1 aliphatic carbocycles. The van der Waals surface area contributed by atoms with Crippen molar-refractivity contribution in [1.82, 2.24) is 16.0 Å². The normalized spacial score (nSPS) is 16.8. The van der Waals surface area contributed by atoms with Crippen LogP contribution in [0.3, 0.4) is 0 Å². The Bertz CT molecular complexity index is 1530. The Balaban J connectivity index is 2.47. The first-order valence-corrected chi connectivity index (χ1v) is 13.2. The molecule has 1 fully saturated rings. The van der Waals surface area contributed by atoms with Crippen LogP contribution in [-0.2, 0) is 15.3 Å². The average molecular weight is 721 g/mol. The molecule has 1 unspecified atom stereocenters. The van der Waals surface area contributed by atoms with Gasteiger partial charge < -0.3 is 25.5 Å². The number of nitrogens with one attached hydrogen (secondary N) is 5. The van der Waals surface area contributed by atoms with Crippen molar-refractivity contribution in [3.63, 3.8) is 0 Å². The van der Waals surface area contributed by atoms with Crippen LogP contribution in [0.5, 0.6) is 0 Å². The highest BCUT2D eigenvalue weighted by Gasteiger charge is 2.84. The Morgan fingerprint density at radius 1 is 1.07 bits per heavy atom. The number of alkyl halides is 12. The van der Waals surface area contributed by atoms with Crippen molar-refractivity contribution < 1.29 is 65.9 Å². The summed E-state index contributed by atoms with van der Waals surface area (Å²) in [4.78, 5) is 12.6. The largest absolute Gasteiger partial charge is 0.460 e. The fourth-order valence-electron chi connectivity index (χ4n) is 3.20. The molecule has 1 aromatic rings. The van der Waals surface area contributed by atoms with Crippen LogP contribution in [0.25, 0.3) is 5.57 Å². The van der Waals surface area contributed by atoms with Gasteiger partial charge in [0.15, 0.2) is 5.57 Å². The van der Waals surface area contributed by atoms with E-state index in [-0.39, 0.29) is 21.7 Å². The van der Waals surface area contributed by atoms with Crippen molar-refractivity contribution in [3.05, 3.63) is 51.9 Å². The third-order valence-corrected chi connectivity index (χ3v) is 7.21. The van der Waals surface area contributed by atoms with Gasteiger partial charge in [-0.05, 0) is 30.5 Å². The van der Waals surface area contributed by atoms with Gasteiger partial charge in [0.05, 0.1) is 16.7 Å². The molecule has 23 heteroatoms. The molecule has 1 aliphatic rings. The molecule has 0 radical (unpaired) electrons. The summed E-state index contributed by atoms with van der Waals surface area (Å²) in [6.07, 6.45) is -11.4. The van der Waals surface area contributed by atoms with E-state index in [0.717, 1.165) is 12.1 Å². The molecule has 0 aliphatic heterocycles. The van der Waals surface area contributed by atoms with Crippen LogP contribution in [0.2, 0.25) is 5.02 Å². The number of hydrogen-bond donors (Lipinski definition) is 5. The Kier molecular flexibility index (Phi) is 10.8. The summed E-state index contributed by atoms with van der Waals surface area (Å²) in [5.41, 5.74) is -4.33. The zero-order chi connectivity index (χ0) is 35.7. The molecule has 5 N–H and O–H groups in total. The van der Waals surface area contributed by atoms with Crippen molar-refractivity contribution in [3.8, 4) is 6.07 Å². The first-order valence-electron chi connectivity index (χ1n) is 11.7. The molecule has 1 aromatic carbocycles. The van der Waals surface area contributed by atoms with E-state index in [1.807, 2.05) is 11.4 Å². The molecular formula is C23H17ClF12N6O3S. The van der Waals surface area contributed by atoms with Crippen molar-refractivity contribution in [1.29, 1.82) is 16.1 Å². The minimum absolute atomic E-state index is 0.0808. The molecule has 46 heavy (non-hydrogen) atoms. The lowest BCUT2D eigenvalue weighted by atomic mass is 10.0. The second kappa shape index (κ2) is 13.0. The number of nitrogens with zero attached hydrogens (tertiary/aromatic N) is 1. The Hall–Kier alpha value is -4.00. The fourth-order valence-corrected chi connectivity index (χ4v) is 4.08. The molecule has 0 spiro atoms. The maximum absolute atomic E-state index is 13.9. The van der Waals surface area contributed by atoms with Gasteiger partial charge in [0.2, 0.25) is 5.90 Å². The molecule has 9 nitrogen and oxygen atoms in total. The van der Waals surface area contributed by atoms with Gasteiger partial charge in [-0.15, -0.1) is 0 Å². The van der Waals surface area contributed by atoms with Crippen molar-refractivity contribution in [2.24, 2.45) is 0 Å². The topological polar surface area (TPSA) is 151 Å². The van der Waals surface area contributed by atoms with Crippen molar-refractivity contribution >= 4 is 46.3 Å². The van der Waals surface area contributed by atoms with Crippen LogP contribution in [0.4, 0.5) is 52.7 Å². The number of allylic oxidation sites excluding steroid dienone is 1. The highest BCUT2D eigenvalue weighted by atomic mass is 35.5. The first kappa shape index (κ1) is 38.2. The van der Waals surface area contributed by atoms with Crippen LogP contribution in [0.15, 0.2) is 35.8 Å². The third kappa shape index (κ3) is 7.51. The molecule has 1 saturated carbocycles. The molecule has 1 atom stereocenters. The zero-order valence-electron chi connectivity index (χ0n) is 22.3. The van der Waals surface area contributed by atoms with Gasteiger partial charge in [-0.3, -0.25) is 10.2 Å². The summed E-state index contributed by atoms with van der Waals surface area (Å²) in [6, 6.07) is 5.27. The molecular weight excluding hydrogens is 704 g/mol. The molecule has 1 amide bonds. The number of carbonyl (C=O) groups is 1. The quantitative estimate of drug-likeness (QED) is 0.105. The van der Waals surface area contributed by atoms with Gasteiger partial charge in [0.25, 0.3) is 17.0 Å². The predicted molar refractivity (Wildman–Crippen MR) is 136 cm³/mol. The van der Waals surface area contributed by atoms with E-state index in [1.54, 1.807) is 5.32 Å². The van der Waals surface area contributed by atoms with Gasteiger partial charge in [0, 0.05) is 25.0 Å². The molecule has 0 aromatic heterocycles. The minimum atomic E-state index is -7.55. The Morgan fingerprint density at radius 3 is 2.07 bits per heavy atom. The van der Waals surface area contributed by atoms with E-state index in [2.05, 4.69) is 9.50 Å². The zero-order valence-corrected chi connectivity index (χ0v) is 23.9. The van der Waals surface area contributed by atoms with E-state index < -0.39 is 69.3 Å². The fraction of sp³-hybridized carbons (Fsp3) is 0.391. The van der Waals surface area contributed by atoms with E-state index in [9.17, 15) is 61.7 Å². The second-order valence-corrected chi connectivity index (χ2v) is 10.6. The minimum Gasteiger partial charge on any atom is -0.375 e. The third-order valence-electron chi connectivity index (χ3n) is 5.88. The first-order chi connectivity index (χ1) is 20.8. The van der Waals surface area contributed by atoms with Gasteiger partial charge >= 0.3 is 29.5 Å². The summed E-state index contributed by atoms with van der Waals surface area (Å²) in [5.74, 6) is -20.1. The van der Waals surface area contributed by atoms with Crippen LogP contribution in [0.1, 0.15) is 28.8 Å². The van der Waals surface area contributed by atoms with Crippen LogP contribution in [0, 0.1) is 22.1 Å². The number of nitriles is 1. The molecule has 254 valence electrons. The predicted octanol–water partition coefficient (Wildman–Crippen LogP) is 5.78. The number of halogens is 13. The number of hydrogen-bond acceptors (Lipinski definition) is 8. The van der Waals surface area contributed by atoms with Gasteiger partial charge in [-0.25, -0.2) is 4.21 Å². The average Bonchev–Trinajstić information content (AvgIpc) is 3.71. The lowest BCUT2D eigenvalue weighted by Gasteiger charge is -2.32. The van der Waals surface area contributed by atoms with Crippen LogP contribution >= 0.6 is 11.6 Å². The summed E-state index contributed by atoms with van der Waals surface area (Å²) in [6.45, 7) is 0. The highest BCUT2D eigenvalue weighted by Crippen LogP contribution is 2.54. The van der Waals surface area contributed by atoms with E-state index in [1.165, 1.54) is 6.07 Å². The standard InChI is InChI=1S/C23H17ClF12N6O3S/c1-40-16(41-8-11(7-37)10-2-3-13(24)12(6-10)17(43)42-18(9-38)4-5-18)14(19(25,26)27)15(39)45-46(44)23(35,36)21(30,31)20(28,29)22(32,33)34/h2-3,6-8,37,39-41H,4-5H2,1H3,(H,42,43)/b11-8+,16-14-,37-7?,39-15?. The van der Waals surface area contributed by atoms with Crippen molar-refractivity contribution in [2.45, 2.75) is 47.8 Å². The van der Waals surface area contributed by atoms with E-state index in [4.69, 9.17) is 27.7 Å². The van der Waals surface area contributed by atoms with Crippen LogP contribution in [-0.4, -0.2) is 64.3 Å². The number of rotatable bonds is 12. The lowest BCUT2D eigenvalue weighted by molar-refractivity contribution is -0.382. The monoisotopic (exact) mass is 720 g/mol. The highest BCUT2D eigenvalue weighted by molar-refractivity contribution is 7.81. The molecule has 2 rings (SSSR count). The van der Waals surface area contributed by atoms with E-state index >= 15 is 0 Å². The molecule has 0 bridgehead atoms. The van der Waals surface area contributed by atoms with E-state index in [0.29, 0.717) is 32.3 Å². The summed E-state index contributed by atoms with van der Waals surface area (Å²) in [5, 5.41) is 22.9. The Morgan fingerprint density at radius 2 is 1.63 bits per heavy atom. The van der Waals surface area contributed by atoms with Crippen molar-refractivity contribution in [2.75, 3.05) is 7.05 Å². The summed E-state index contributed by atoms with van der Waals surface area (Å²) >= 11 is 0.576. The maximum Gasteiger partial charge on any atom is 0.460 e. The second-order valence-electron chi connectivity index (χ2n) is 9.04. The Labute approximate surface area is 257 Å². The summed E-state index contributed by atoms with van der Waals surface area (Å²) in [7, 11) is 0.705. The summed E-state index contributed by atoms with van der Waals surface area (Å²) < 4.78 is 174. The number of benzene rings is 1. The molecule has 0 saturated heterocycles. The molecule has 0 heterocycles. The van der Waals surface area contributed by atoms with Gasteiger partial charge in [0.1, 0.15) is 11.4 Å².